The molecule has 2 N–H and O–H groups in total. The van der Waals surface area contributed by atoms with Gasteiger partial charge in [-0.15, -0.1) is 0 Å². The maximum Gasteiger partial charge on any atom is 0.303 e. The van der Waals surface area contributed by atoms with Crippen molar-refractivity contribution in [2.24, 2.45) is 0 Å². The summed E-state index contributed by atoms with van der Waals surface area (Å²) in [4.78, 5) is 60.9. The van der Waals surface area contributed by atoms with Crippen molar-refractivity contribution in [3.05, 3.63) is 29.3 Å². The number of carboxylic acids is 1. The molecule has 1 atom stereocenters. The number of carbonyl (C=O) groups is 5. The van der Waals surface area contributed by atoms with E-state index >= 15 is 0 Å². The van der Waals surface area contributed by atoms with E-state index in [1.165, 1.54) is 0 Å². The van der Waals surface area contributed by atoms with Gasteiger partial charge in [0.1, 0.15) is 11.8 Å². The van der Waals surface area contributed by atoms with Gasteiger partial charge in [0.2, 0.25) is 11.8 Å². The molecule has 1 saturated heterocycles. The third-order valence-electron chi connectivity index (χ3n) is 6.22. The lowest BCUT2D eigenvalue weighted by atomic mass is 10.0. The molecule has 9 heteroatoms. The van der Waals surface area contributed by atoms with Crippen LogP contribution in [0.2, 0.25) is 0 Å². The Morgan fingerprint density at radius 1 is 0.941 bits per heavy atom. The number of ether oxygens (including phenoxy) is 1. The minimum atomic E-state index is -0.991. The van der Waals surface area contributed by atoms with Crippen LogP contribution in [0.15, 0.2) is 18.2 Å². The van der Waals surface area contributed by atoms with E-state index in [1.807, 2.05) is 0 Å². The highest BCUT2D eigenvalue weighted by Gasteiger charge is 2.45. The number of carboxylic acid groups (broad SMARTS) is 1. The Kier molecular flexibility index (Phi) is 9.18. The first kappa shape index (κ1) is 25.4. The monoisotopic (exact) mass is 472 g/mol. The number of hydrogen-bond donors (Lipinski definition) is 2. The number of imide groups is 2. The van der Waals surface area contributed by atoms with Gasteiger partial charge in [-0.05, 0) is 31.4 Å². The number of carbonyl (C=O) groups excluding carboxylic acids is 4. The SMILES string of the molecule is O=C(O)CCCCCCCCCCCOc1cccc2c1C(=O)N(C1CCC(=O)NC1=O)C2=O. The smallest absolute Gasteiger partial charge is 0.303 e. The minimum Gasteiger partial charge on any atom is -0.493 e. The molecule has 0 saturated carbocycles. The number of hydrogen-bond acceptors (Lipinski definition) is 6. The lowest BCUT2D eigenvalue weighted by Gasteiger charge is -2.27. The summed E-state index contributed by atoms with van der Waals surface area (Å²) in [6.07, 6.45) is 9.48. The molecule has 2 aliphatic heterocycles. The normalized spacial score (nSPS) is 17.6. The van der Waals surface area contributed by atoms with Crippen molar-refractivity contribution in [3.8, 4) is 5.75 Å². The van der Waals surface area contributed by atoms with Gasteiger partial charge in [-0.25, -0.2) is 0 Å². The van der Waals surface area contributed by atoms with E-state index in [2.05, 4.69) is 5.32 Å². The Morgan fingerprint density at radius 2 is 1.59 bits per heavy atom. The quantitative estimate of drug-likeness (QED) is 0.313. The van der Waals surface area contributed by atoms with Crippen molar-refractivity contribution in [1.29, 1.82) is 0 Å². The molecule has 3 rings (SSSR count). The van der Waals surface area contributed by atoms with E-state index in [0.717, 1.165) is 62.7 Å². The van der Waals surface area contributed by atoms with Crippen LogP contribution in [0.1, 0.15) is 97.8 Å². The van der Waals surface area contributed by atoms with Crippen molar-refractivity contribution in [1.82, 2.24) is 10.2 Å². The number of aliphatic carboxylic acids is 1. The van der Waals surface area contributed by atoms with Crippen LogP contribution in [-0.2, 0) is 14.4 Å². The molecule has 1 aromatic rings. The van der Waals surface area contributed by atoms with Crippen LogP contribution in [0, 0.1) is 0 Å². The minimum absolute atomic E-state index is 0.0812. The Bertz CT molecular complexity index is 943. The Hall–Kier alpha value is -3.23. The summed E-state index contributed by atoms with van der Waals surface area (Å²) >= 11 is 0. The molecule has 9 nitrogen and oxygen atoms in total. The van der Waals surface area contributed by atoms with Crippen LogP contribution in [-0.4, -0.2) is 52.3 Å². The van der Waals surface area contributed by atoms with Crippen LogP contribution in [0.3, 0.4) is 0 Å². The molecule has 1 aromatic carbocycles. The molecular weight excluding hydrogens is 440 g/mol. The molecule has 2 aliphatic rings. The second-order valence-corrected chi connectivity index (χ2v) is 8.80. The fourth-order valence-electron chi connectivity index (χ4n) is 4.40. The first-order valence-electron chi connectivity index (χ1n) is 12.1. The maximum atomic E-state index is 13.0. The van der Waals surface area contributed by atoms with Gasteiger partial charge in [-0.2, -0.15) is 0 Å². The molecule has 0 aliphatic carbocycles. The molecule has 184 valence electrons. The Labute approximate surface area is 198 Å². The zero-order valence-electron chi connectivity index (χ0n) is 19.3. The molecule has 0 spiro atoms. The average molecular weight is 473 g/mol. The highest BCUT2D eigenvalue weighted by atomic mass is 16.5. The average Bonchev–Trinajstić information content (AvgIpc) is 3.05. The number of piperidine rings is 1. The summed E-state index contributed by atoms with van der Waals surface area (Å²) in [6, 6.07) is 3.87. The van der Waals surface area contributed by atoms with Crippen molar-refractivity contribution in [2.45, 2.75) is 83.1 Å². The lowest BCUT2D eigenvalue weighted by molar-refractivity contribution is -0.138. The van der Waals surface area contributed by atoms with Crippen LogP contribution >= 0.6 is 0 Å². The number of nitrogens with zero attached hydrogens (tertiary/aromatic N) is 1. The number of unbranched alkanes of at least 4 members (excludes halogenated alkanes) is 8. The van der Waals surface area contributed by atoms with Crippen LogP contribution in [0.4, 0.5) is 0 Å². The van der Waals surface area contributed by atoms with E-state index in [1.54, 1.807) is 18.2 Å². The largest absolute Gasteiger partial charge is 0.493 e. The second-order valence-electron chi connectivity index (χ2n) is 8.80. The summed E-state index contributed by atoms with van der Waals surface area (Å²) in [5.41, 5.74) is 0.399. The zero-order valence-corrected chi connectivity index (χ0v) is 19.3. The van der Waals surface area contributed by atoms with E-state index in [-0.39, 0.29) is 30.4 Å². The van der Waals surface area contributed by atoms with E-state index in [9.17, 15) is 24.0 Å². The molecule has 1 unspecified atom stereocenters. The topological polar surface area (TPSA) is 130 Å². The fraction of sp³-hybridized carbons (Fsp3) is 0.560. The van der Waals surface area contributed by atoms with Gasteiger partial charge in [-0.3, -0.25) is 34.2 Å². The van der Waals surface area contributed by atoms with Gasteiger partial charge in [-0.1, -0.05) is 51.0 Å². The van der Waals surface area contributed by atoms with Crippen molar-refractivity contribution in [3.63, 3.8) is 0 Å². The number of amides is 4. The van der Waals surface area contributed by atoms with E-state index < -0.39 is 35.6 Å². The molecule has 2 heterocycles. The van der Waals surface area contributed by atoms with Crippen LogP contribution in [0.5, 0.6) is 5.75 Å². The molecule has 1 fully saturated rings. The highest BCUT2D eigenvalue weighted by molar-refractivity contribution is 6.24. The molecular formula is C25H32N2O7. The van der Waals surface area contributed by atoms with Gasteiger partial charge < -0.3 is 9.84 Å². The van der Waals surface area contributed by atoms with Crippen LogP contribution < -0.4 is 10.1 Å². The Balaban J connectivity index is 1.40. The Morgan fingerprint density at radius 3 is 2.24 bits per heavy atom. The predicted octanol–water partition coefficient (Wildman–Crippen LogP) is 3.45. The fourth-order valence-corrected chi connectivity index (χ4v) is 4.40. The van der Waals surface area contributed by atoms with Gasteiger partial charge in [0.15, 0.2) is 0 Å². The maximum absolute atomic E-state index is 13.0. The standard InChI is InChI=1S/C25H32N2O7/c28-20-15-14-18(23(31)26-20)27-24(32)17-11-10-12-19(22(17)25(27)33)34-16-9-7-5-3-1-2-4-6-8-13-21(29)30/h10-12,18H,1-9,13-16H2,(H,29,30)(H,26,28,31). The van der Waals surface area contributed by atoms with Crippen LogP contribution in [0.25, 0.3) is 0 Å². The molecule has 0 aromatic heterocycles. The first-order valence-corrected chi connectivity index (χ1v) is 12.1. The summed E-state index contributed by atoms with van der Waals surface area (Å²) < 4.78 is 5.84. The third-order valence-corrected chi connectivity index (χ3v) is 6.22. The van der Waals surface area contributed by atoms with Gasteiger partial charge in [0, 0.05) is 12.8 Å². The summed E-state index contributed by atoms with van der Waals surface area (Å²) in [5.74, 6) is -2.53. The van der Waals surface area contributed by atoms with Gasteiger partial charge >= 0.3 is 5.97 Å². The third kappa shape index (κ3) is 6.42. The lowest BCUT2D eigenvalue weighted by Crippen LogP contribution is -2.54. The van der Waals surface area contributed by atoms with Crippen molar-refractivity contribution < 1.29 is 33.8 Å². The predicted molar refractivity (Wildman–Crippen MR) is 122 cm³/mol. The molecule has 4 amide bonds. The highest BCUT2D eigenvalue weighted by Crippen LogP contribution is 2.33. The summed E-state index contributed by atoms with van der Waals surface area (Å²) in [6.45, 7) is 0.422. The number of fused-ring (bicyclic) bond motifs is 1. The number of benzene rings is 1. The second kappa shape index (κ2) is 12.3. The molecule has 34 heavy (non-hydrogen) atoms. The van der Waals surface area contributed by atoms with Gasteiger partial charge in [0.05, 0.1) is 17.7 Å². The number of nitrogens with one attached hydrogen (secondary N) is 1. The summed E-state index contributed by atoms with van der Waals surface area (Å²) in [5, 5.41) is 10.8. The molecule has 0 radical (unpaired) electrons. The molecule has 0 bridgehead atoms. The van der Waals surface area contributed by atoms with E-state index in [0.29, 0.717) is 12.4 Å². The zero-order chi connectivity index (χ0) is 24.5. The van der Waals surface area contributed by atoms with Crippen molar-refractivity contribution in [2.75, 3.05) is 6.61 Å². The summed E-state index contributed by atoms with van der Waals surface area (Å²) in [7, 11) is 0. The van der Waals surface area contributed by atoms with E-state index in [4.69, 9.17) is 9.84 Å². The van der Waals surface area contributed by atoms with Crippen molar-refractivity contribution >= 4 is 29.6 Å². The first-order chi connectivity index (χ1) is 16.4. The van der Waals surface area contributed by atoms with Gasteiger partial charge in [0.25, 0.3) is 11.8 Å². The number of rotatable bonds is 14.